The first kappa shape index (κ1) is 16.5. The highest BCUT2D eigenvalue weighted by Crippen LogP contribution is 2.34. The second-order valence-corrected chi connectivity index (χ2v) is 6.91. The van der Waals surface area contributed by atoms with Gasteiger partial charge < -0.3 is 14.4 Å². The van der Waals surface area contributed by atoms with Crippen molar-refractivity contribution in [1.82, 2.24) is 4.90 Å². The molecule has 4 nitrogen and oxygen atoms in total. The van der Waals surface area contributed by atoms with Crippen molar-refractivity contribution >= 4 is 5.91 Å². The van der Waals surface area contributed by atoms with Crippen molar-refractivity contribution in [2.75, 3.05) is 33.4 Å². The Hall–Kier alpha value is -1.39. The fourth-order valence-electron chi connectivity index (χ4n) is 3.98. The average molecular weight is 317 g/mol. The number of rotatable bonds is 3. The van der Waals surface area contributed by atoms with E-state index >= 15 is 0 Å². The van der Waals surface area contributed by atoms with E-state index in [1.54, 1.807) is 7.11 Å². The number of methoxy groups -OCH3 is 1. The molecule has 0 bridgehead atoms. The summed E-state index contributed by atoms with van der Waals surface area (Å²) in [5.41, 5.74) is 3.33. The van der Waals surface area contributed by atoms with Crippen LogP contribution in [-0.4, -0.2) is 49.8 Å². The predicted octanol–water partition coefficient (Wildman–Crippen LogP) is 2.81. The fourth-order valence-corrected chi connectivity index (χ4v) is 3.98. The lowest BCUT2D eigenvalue weighted by molar-refractivity contribution is -0.165. The van der Waals surface area contributed by atoms with Crippen LogP contribution in [0.5, 0.6) is 0 Å². The van der Waals surface area contributed by atoms with E-state index in [9.17, 15) is 4.79 Å². The first-order valence-electron chi connectivity index (χ1n) is 8.55. The summed E-state index contributed by atoms with van der Waals surface area (Å²) in [5, 5.41) is 0. The van der Waals surface area contributed by atoms with Gasteiger partial charge in [-0.2, -0.15) is 0 Å². The zero-order valence-corrected chi connectivity index (χ0v) is 14.4. The minimum Gasteiger partial charge on any atom is -0.381 e. The zero-order chi connectivity index (χ0) is 16.4. The maximum Gasteiger partial charge on any atom is 0.255 e. The van der Waals surface area contributed by atoms with Gasteiger partial charge in [0.05, 0.1) is 0 Å². The molecule has 1 atom stereocenters. The van der Waals surface area contributed by atoms with E-state index in [0.29, 0.717) is 32.0 Å². The maximum atomic E-state index is 13.0. The number of carbonyl (C=O) groups excluding carboxylic acids is 1. The highest BCUT2D eigenvalue weighted by Gasteiger charge is 2.44. The Kier molecular flexibility index (Phi) is 4.74. The Balaban J connectivity index is 1.72. The summed E-state index contributed by atoms with van der Waals surface area (Å²) in [4.78, 5) is 15.0. The number of carbonyl (C=O) groups is 1. The van der Waals surface area contributed by atoms with Crippen LogP contribution in [0.1, 0.15) is 41.9 Å². The van der Waals surface area contributed by atoms with Gasteiger partial charge >= 0.3 is 0 Å². The molecule has 2 heterocycles. The monoisotopic (exact) mass is 317 g/mol. The van der Waals surface area contributed by atoms with E-state index in [4.69, 9.17) is 9.47 Å². The molecule has 2 fully saturated rings. The van der Waals surface area contributed by atoms with Crippen LogP contribution in [0.2, 0.25) is 0 Å². The van der Waals surface area contributed by atoms with Gasteiger partial charge in [-0.3, -0.25) is 4.79 Å². The zero-order valence-electron chi connectivity index (χ0n) is 14.4. The second kappa shape index (κ2) is 6.62. The molecule has 2 aliphatic rings. The fraction of sp³-hybridized carbons (Fsp3) is 0.632. The number of nitrogens with zero attached hydrogens (tertiary/aromatic N) is 1. The molecule has 1 unspecified atom stereocenters. The summed E-state index contributed by atoms with van der Waals surface area (Å²) in [6.45, 7) is 7.12. The van der Waals surface area contributed by atoms with Crippen LogP contribution < -0.4 is 0 Å². The number of amides is 1. The molecule has 0 saturated carbocycles. The molecule has 4 heteroatoms. The number of benzene rings is 1. The van der Waals surface area contributed by atoms with Crippen molar-refractivity contribution in [3.63, 3.8) is 0 Å². The van der Waals surface area contributed by atoms with E-state index in [2.05, 4.69) is 32.0 Å². The molecule has 0 aliphatic carbocycles. The quantitative estimate of drug-likeness (QED) is 0.860. The Morgan fingerprint density at radius 3 is 2.70 bits per heavy atom. The van der Waals surface area contributed by atoms with Crippen LogP contribution >= 0.6 is 0 Å². The van der Waals surface area contributed by atoms with E-state index in [0.717, 1.165) is 19.5 Å². The topological polar surface area (TPSA) is 38.8 Å². The van der Waals surface area contributed by atoms with Gasteiger partial charge in [0, 0.05) is 52.2 Å². The van der Waals surface area contributed by atoms with Crippen LogP contribution in [-0.2, 0) is 14.3 Å². The Bertz CT molecular complexity index is 578. The van der Waals surface area contributed by atoms with Crippen LogP contribution in [0.15, 0.2) is 18.2 Å². The molecule has 23 heavy (non-hydrogen) atoms. The van der Waals surface area contributed by atoms with Crippen LogP contribution in [0.4, 0.5) is 0 Å². The van der Waals surface area contributed by atoms with Gasteiger partial charge in [-0.05, 0) is 31.4 Å². The van der Waals surface area contributed by atoms with Crippen molar-refractivity contribution in [1.29, 1.82) is 0 Å². The minimum atomic E-state index is -0.671. The standard InChI is InChI=1S/C19H27NO3/c1-14-4-5-17(15(2)12-14)16-6-9-20(13-16)18(21)19(22-3)7-10-23-11-8-19/h4-5,12,16H,6-11,13H2,1-3H3. The second-order valence-electron chi connectivity index (χ2n) is 6.91. The van der Waals surface area contributed by atoms with Crippen molar-refractivity contribution < 1.29 is 14.3 Å². The van der Waals surface area contributed by atoms with E-state index in [1.165, 1.54) is 16.7 Å². The third-order valence-corrected chi connectivity index (χ3v) is 5.42. The number of hydrogen-bond acceptors (Lipinski definition) is 3. The molecule has 2 aliphatic heterocycles. The molecular formula is C19H27NO3. The third kappa shape index (κ3) is 3.15. The van der Waals surface area contributed by atoms with Gasteiger partial charge in [0.2, 0.25) is 0 Å². The molecule has 0 radical (unpaired) electrons. The lowest BCUT2D eigenvalue weighted by Gasteiger charge is -2.37. The lowest BCUT2D eigenvalue weighted by atomic mass is 9.91. The van der Waals surface area contributed by atoms with E-state index in [1.807, 2.05) is 4.90 Å². The molecule has 1 amide bonds. The van der Waals surface area contributed by atoms with Crippen LogP contribution in [0.25, 0.3) is 0 Å². The molecular weight excluding hydrogens is 290 g/mol. The van der Waals surface area contributed by atoms with Crippen molar-refractivity contribution in [2.45, 2.75) is 44.6 Å². The number of aryl methyl sites for hydroxylation is 2. The third-order valence-electron chi connectivity index (χ3n) is 5.42. The first-order chi connectivity index (χ1) is 11.1. The van der Waals surface area contributed by atoms with E-state index in [-0.39, 0.29) is 5.91 Å². The van der Waals surface area contributed by atoms with Crippen LogP contribution in [0.3, 0.4) is 0 Å². The van der Waals surface area contributed by atoms with Gasteiger partial charge in [-0.25, -0.2) is 0 Å². The van der Waals surface area contributed by atoms with Crippen molar-refractivity contribution in [3.05, 3.63) is 34.9 Å². The van der Waals surface area contributed by atoms with Crippen LogP contribution in [0, 0.1) is 13.8 Å². The molecule has 2 saturated heterocycles. The summed E-state index contributed by atoms with van der Waals surface area (Å²) in [6, 6.07) is 6.63. The Morgan fingerprint density at radius 1 is 1.30 bits per heavy atom. The van der Waals surface area contributed by atoms with Crippen molar-refractivity contribution in [3.8, 4) is 0 Å². The van der Waals surface area contributed by atoms with Gasteiger partial charge in [-0.15, -0.1) is 0 Å². The summed E-state index contributed by atoms with van der Waals surface area (Å²) in [6.07, 6.45) is 2.35. The highest BCUT2D eigenvalue weighted by atomic mass is 16.5. The summed E-state index contributed by atoms with van der Waals surface area (Å²) in [7, 11) is 1.65. The summed E-state index contributed by atoms with van der Waals surface area (Å²) < 4.78 is 11.1. The number of ether oxygens (including phenoxy) is 2. The molecule has 0 spiro atoms. The lowest BCUT2D eigenvalue weighted by Crippen LogP contribution is -2.52. The summed E-state index contributed by atoms with van der Waals surface area (Å²) >= 11 is 0. The first-order valence-corrected chi connectivity index (χ1v) is 8.55. The Morgan fingerprint density at radius 2 is 2.04 bits per heavy atom. The largest absolute Gasteiger partial charge is 0.381 e. The number of likely N-dealkylation sites (tertiary alicyclic amines) is 1. The molecule has 3 rings (SSSR count). The summed E-state index contributed by atoms with van der Waals surface area (Å²) in [5.74, 6) is 0.587. The highest BCUT2D eigenvalue weighted by molar-refractivity contribution is 5.85. The normalized spacial score (nSPS) is 24.0. The molecule has 0 aromatic heterocycles. The average Bonchev–Trinajstić information content (AvgIpc) is 3.04. The molecule has 1 aromatic rings. The van der Waals surface area contributed by atoms with Crippen molar-refractivity contribution in [2.24, 2.45) is 0 Å². The van der Waals surface area contributed by atoms with E-state index < -0.39 is 5.60 Å². The van der Waals surface area contributed by atoms with Gasteiger partial charge in [-0.1, -0.05) is 23.8 Å². The number of hydrogen-bond donors (Lipinski definition) is 0. The SMILES string of the molecule is COC1(C(=O)N2CCC(c3ccc(C)cc3C)C2)CCOCC1. The predicted molar refractivity (Wildman–Crippen MR) is 89.6 cm³/mol. The molecule has 1 aromatic carbocycles. The molecule has 126 valence electrons. The Labute approximate surface area is 138 Å². The van der Waals surface area contributed by atoms with Gasteiger partial charge in [0.1, 0.15) is 0 Å². The smallest absolute Gasteiger partial charge is 0.255 e. The minimum absolute atomic E-state index is 0.149. The maximum absolute atomic E-state index is 13.0. The molecule has 0 N–H and O–H groups in total. The van der Waals surface area contributed by atoms with Gasteiger partial charge in [0.15, 0.2) is 5.60 Å². The van der Waals surface area contributed by atoms with Gasteiger partial charge in [0.25, 0.3) is 5.91 Å².